The monoisotopic (exact) mass is 307 g/mol. The minimum absolute atomic E-state index is 0.153. The second-order valence-electron chi connectivity index (χ2n) is 5.78. The van der Waals surface area contributed by atoms with Gasteiger partial charge in [0, 0.05) is 23.6 Å². The van der Waals surface area contributed by atoms with Gasteiger partial charge in [-0.2, -0.15) is 0 Å². The molecule has 1 aliphatic heterocycles. The molecule has 0 bridgehead atoms. The van der Waals surface area contributed by atoms with Gasteiger partial charge in [0.2, 0.25) is 0 Å². The fourth-order valence-corrected chi connectivity index (χ4v) is 3.57. The van der Waals surface area contributed by atoms with E-state index in [-0.39, 0.29) is 23.3 Å². The lowest BCUT2D eigenvalue weighted by Crippen LogP contribution is -2.45. The number of nitrogens with one attached hydrogen (secondary N) is 1. The molecule has 1 unspecified atom stereocenters. The Bertz CT molecular complexity index is 612. The Morgan fingerprint density at radius 3 is 2.81 bits per heavy atom. The Morgan fingerprint density at radius 1 is 1.24 bits per heavy atom. The van der Waals surface area contributed by atoms with E-state index in [2.05, 4.69) is 5.32 Å². The first-order valence-corrected chi connectivity index (χ1v) is 7.59. The van der Waals surface area contributed by atoms with E-state index >= 15 is 0 Å². The number of aromatic hydroxyl groups is 2. The molecule has 0 spiro atoms. The zero-order valence-electron chi connectivity index (χ0n) is 11.6. The van der Waals surface area contributed by atoms with Crippen LogP contribution in [0, 0.1) is 5.92 Å². The molecule has 0 amide bonds. The highest BCUT2D eigenvalue weighted by molar-refractivity contribution is 6.31. The van der Waals surface area contributed by atoms with Gasteiger partial charge in [0.25, 0.3) is 0 Å². The van der Waals surface area contributed by atoms with Crippen molar-refractivity contribution in [3.63, 3.8) is 0 Å². The predicted molar refractivity (Wildman–Crippen MR) is 80.7 cm³/mol. The molecule has 1 aliphatic carbocycles. The summed E-state index contributed by atoms with van der Waals surface area (Å²) in [7, 11) is 0. The number of rotatable bonds is 2. The van der Waals surface area contributed by atoms with E-state index in [1.807, 2.05) is 0 Å². The lowest BCUT2D eigenvalue weighted by molar-refractivity contribution is -0.115. The van der Waals surface area contributed by atoms with Gasteiger partial charge in [-0.1, -0.05) is 17.2 Å². The summed E-state index contributed by atoms with van der Waals surface area (Å²) in [4.78, 5) is 11.5. The van der Waals surface area contributed by atoms with Crippen molar-refractivity contribution in [3.8, 4) is 11.5 Å². The molecular weight excluding hydrogens is 290 g/mol. The van der Waals surface area contributed by atoms with Crippen LogP contribution in [0.25, 0.3) is 0 Å². The van der Waals surface area contributed by atoms with Gasteiger partial charge in [-0.25, -0.2) is 0 Å². The van der Waals surface area contributed by atoms with Gasteiger partial charge < -0.3 is 15.5 Å². The summed E-state index contributed by atoms with van der Waals surface area (Å²) >= 11 is 6.15. The third kappa shape index (κ3) is 2.92. The average molecular weight is 308 g/mol. The van der Waals surface area contributed by atoms with Crippen LogP contribution >= 0.6 is 11.6 Å². The zero-order valence-corrected chi connectivity index (χ0v) is 12.4. The number of hydrogen-bond donors (Lipinski definition) is 3. The Balaban J connectivity index is 1.83. The number of phenolic OH excluding ortho intramolecular Hbond substituents is 2. The molecule has 2 atom stereocenters. The molecule has 2 aliphatic rings. The lowest BCUT2D eigenvalue weighted by Gasteiger charge is -2.37. The summed E-state index contributed by atoms with van der Waals surface area (Å²) in [5.74, 6) is 0.217. The number of halogens is 1. The first-order valence-electron chi connectivity index (χ1n) is 7.21. The van der Waals surface area contributed by atoms with Crippen LogP contribution in [0.4, 0.5) is 0 Å². The summed E-state index contributed by atoms with van der Waals surface area (Å²) in [6, 6.07) is 3.10. The maximum atomic E-state index is 11.5. The van der Waals surface area contributed by atoms with Crippen molar-refractivity contribution in [2.75, 3.05) is 6.54 Å². The molecule has 5 heteroatoms. The zero-order chi connectivity index (χ0) is 15.0. The highest BCUT2D eigenvalue weighted by atomic mass is 35.5. The van der Waals surface area contributed by atoms with E-state index < -0.39 is 0 Å². The fourth-order valence-electron chi connectivity index (χ4n) is 3.33. The second kappa shape index (κ2) is 5.70. The van der Waals surface area contributed by atoms with Gasteiger partial charge in [0.05, 0.1) is 0 Å². The highest BCUT2D eigenvalue weighted by Gasteiger charge is 2.32. The Hall–Kier alpha value is -1.52. The molecule has 0 radical (unpaired) electrons. The molecule has 1 aromatic rings. The van der Waals surface area contributed by atoms with Crippen LogP contribution in [-0.4, -0.2) is 28.6 Å². The van der Waals surface area contributed by atoms with E-state index in [0.717, 1.165) is 24.9 Å². The minimum atomic E-state index is -0.204. The van der Waals surface area contributed by atoms with E-state index in [1.165, 1.54) is 17.7 Å². The number of benzene rings is 1. The third-order valence-electron chi connectivity index (χ3n) is 4.41. The van der Waals surface area contributed by atoms with Crippen LogP contribution < -0.4 is 5.32 Å². The van der Waals surface area contributed by atoms with E-state index in [4.69, 9.17) is 11.6 Å². The highest BCUT2D eigenvalue weighted by Crippen LogP contribution is 2.36. The first-order chi connectivity index (χ1) is 10.0. The molecule has 3 rings (SSSR count). The number of hydrogen-bond acceptors (Lipinski definition) is 4. The maximum Gasteiger partial charge on any atom is 0.158 e. The Labute approximate surface area is 128 Å². The van der Waals surface area contributed by atoms with Gasteiger partial charge in [0.15, 0.2) is 17.3 Å². The molecule has 0 saturated carbocycles. The third-order valence-corrected chi connectivity index (χ3v) is 4.77. The van der Waals surface area contributed by atoms with Gasteiger partial charge in [-0.05, 0) is 49.4 Å². The SMILES string of the molecule is O=C1C=C2CCN[C@H](Cc3cc(O)c(O)cc3Cl)C2CC1. The van der Waals surface area contributed by atoms with Gasteiger partial charge in [0.1, 0.15) is 0 Å². The van der Waals surface area contributed by atoms with Crippen molar-refractivity contribution in [2.45, 2.75) is 31.7 Å². The molecule has 21 heavy (non-hydrogen) atoms. The van der Waals surface area contributed by atoms with Crippen molar-refractivity contribution in [1.82, 2.24) is 5.32 Å². The van der Waals surface area contributed by atoms with Crippen LogP contribution in [0.3, 0.4) is 0 Å². The maximum absolute atomic E-state index is 11.5. The molecule has 1 aromatic carbocycles. The van der Waals surface area contributed by atoms with Gasteiger partial charge in [-0.15, -0.1) is 0 Å². The van der Waals surface area contributed by atoms with Crippen molar-refractivity contribution < 1.29 is 15.0 Å². The molecule has 4 nitrogen and oxygen atoms in total. The van der Waals surface area contributed by atoms with Crippen molar-refractivity contribution >= 4 is 17.4 Å². The summed E-state index contributed by atoms with van der Waals surface area (Å²) in [5, 5.41) is 23.0. The summed E-state index contributed by atoms with van der Waals surface area (Å²) in [6.07, 6.45) is 4.85. The fraction of sp³-hybridized carbons (Fsp3) is 0.438. The number of fused-ring (bicyclic) bond motifs is 1. The average Bonchev–Trinajstić information content (AvgIpc) is 2.44. The molecular formula is C16H18ClNO3. The minimum Gasteiger partial charge on any atom is -0.504 e. The Morgan fingerprint density at radius 2 is 2.00 bits per heavy atom. The summed E-state index contributed by atoms with van der Waals surface area (Å²) in [6.45, 7) is 0.849. The number of piperidine rings is 1. The quantitative estimate of drug-likeness (QED) is 0.735. The predicted octanol–water partition coefficient (Wildman–Crippen LogP) is 2.56. The lowest BCUT2D eigenvalue weighted by atomic mass is 9.76. The van der Waals surface area contributed by atoms with Crippen LogP contribution in [0.15, 0.2) is 23.8 Å². The molecule has 1 heterocycles. The molecule has 1 fully saturated rings. The number of carbonyl (C=O) groups is 1. The summed E-state index contributed by atoms with van der Waals surface area (Å²) < 4.78 is 0. The van der Waals surface area contributed by atoms with Crippen molar-refractivity contribution in [1.29, 1.82) is 0 Å². The van der Waals surface area contributed by atoms with E-state index in [0.29, 0.717) is 23.8 Å². The number of carbonyl (C=O) groups excluding carboxylic acids is 1. The van der Waals surface area contributed by atoms with Gasteiger partial charge in [-0.3, -0.25) is 4.79 Å². The Kier molecular flexibility index (Phi) is 3.91. The van der Waals surface area contributed by atoms with E-state index in [9.17, 15) is 15.0 Å². The standard InChI is InChI=1S/C16H18ClNO3/c17-13-8-16(21)15(20)7-10(13)6-14-12-2-1-11(19)5-9(12)3-4-18-14/h5,7-8,12,14,18,20-21H,1-4,6H2/t12?,14-/m1/s1. The largest absolute Gasteiger partial charge is 0.504 e. The normalized spacial score (nSPS) is 25.4. The number of phenols is 2. The molecule has 0 aromatic heterocycles. The molecule has 1 saturated heterocycles. The molecule has 3 N–H and O–H groups in total. The van der Waals surface area contributed by atoms with Gasteiger partial charge >= 0.3 is 0 Å². The van der Waals surface area contributed by atoms with Crippen LogP contribution in [0.2, 0.25) is 5.02 Å². The molecule has 112 valence electrons. The number of ketones is 1. The van der Waals surface area contributed by atoms with Crippen LogP contribution in [-0.2, 0) is 11.2 Å². The summed E-state index contributed by atoms with van der Waals surface area (Å²) in [5.41, 5.74) is 2.04. The first kappa shape index (κ1) is 14.4. The van der Waals surface area contributed by atoms with Crippen LogP contribution in [0.1, 0.15) is 24.8 Å². The van der Waals surface area contributed by atoms with Crippen molar-refractivity contribution in [2.24, 2.45) is 5.92 Å². The van der Waals surface area contributed by atoms with Crippen molar-refractivity contribution in [3.05, 3.63) is 34.4 Å². The topological polar surface area (TPSA) is 69.6 Å². The van der Waals surface area contributed by atoms with E-state index in [1.54, 1.807) is 6.08 Å². The second-order valence-corrected chi connectivity index (χ2v) is 6.19. The van der Waals surface area contributed by atoms with Crippen LogP contribution in [0.5, 0.6) is 11.5 Å². The number of allylic oxidation sites excluding steroid dienone is 1. The smallest absolute Gasteiger partial charge is 0.158 e.